The summed E-state index contributed by atoms with van der Waals surface area (Å²) in [6.07, 6.45) is 0.191. The van der Waals surface area contributed by atoms with Gasteiger partial charge in [-0.3, -0.25) is 14.5 Å². The zero-order valence-corrected chi connectivity index (χ0v) is 8.74. The lowest BCUT2D eigenvalue weighted by molar-refractivity contribution is -0.122. The molecule has 1 atom stereocenters. The number of nitrogens with two attached hydrogens (primary N) is 1. The number of amides is 2. The van der Waals surface area contributed by atoms with Gasteiger partial charge in [0.25, 0.3) is 0 Å². The molecule has 0 aromatic heterocycles. The van der Waals surface area contributed by atoms with E-state index in [1.54, 1.807) is 6.92 Å². The number of halogens is 1. The molecule has 1 unspecified atom stereocenters. The Kier molecular flexibility index (Phi) is 2.38. The fraction of sp³-hybridized carbons (Fsp3) is 0.273. The Morgan fingerprint density at radius 3 is 2.62 bits per heavy atom. The summed E-state index contributed by atoms with van der Waals surface area (Å²) in [7, 11) is 0. The predicted molar refractivity (Wildman–Crippen MR) is 57.1 cm³/mol. The molecular formula is C11H11FN2O2. The van der Waals surface area contributed by atoms with Crippen LogP contribution in [-0.2, 0) is 9.59 Å². The van der Waals surface area contributed by atoms with Gasteiger partial charge in [0.1, 0.15) is 5.82 Å². The lowest BCUT2D eigenvalue weighted by atomic mass is 10.1. The van der Waals surface area contributed by atoms with Crippen molar-refractivity contribution < 1.29 is 14.0 Å². The standard InChI is InChI=1S/C11H11FN2O2/c1-6-4-10(15)14(11(6)16)7-2-3-8(12)9(13)5-7/h2-3,5-6H,4,13H2,1H3. The van der Waals surface area contributed by atoms with E-state index in [-0.39, 0.29) is 29.8 Å². The second-order valence-corrected chi connectivity index (χ2v) is 3.88. The number of nitrogen functional groups attached to an aromatic ring is 1. The molecule has 1 aliphatic rings. The molecule has 0 bridgehead atoms. The highest BCUT2D eigenvalue weighted by molar-refractivity contribution is 6.20. The summed E-state index contributed by atoms with van der Waals surface area (Å²) in [5.74, 6) is -1.42. The van der Waals surface area contributed by atoms with Crippen molar-refractivity contribution in [2.24, 2.45) is 5.92 Å². The topological polar surface area (TPSA) is 63.4 Å². The zero-order valence-electron chi connectivity index (χ0n) is 8.74. The fourth-order valence-corrected chi connectivity index (χ4v) is 1.73. The zero-order chi connectivity index (χ0) is 11.9. The van der Waals surface area contributed by atoms with Crippen LogP contribution in [0.3, 0.4) is 0 Å². The predicted octanol–water partition coefficient (Wildman–Crippen LogP) is 1.31. The lowest BCUT2D eigenvalue weighted by Gasteiger charge is -2.14. The van der Waals surface area contributed by atoms with Crippen molar-refractivity contribution in [3.8, 4) is 0 Å². The molecule has 0 radical (unpaired) electrons. The molecular weight excluding hydrogens is 211 g/mol. The molecule has 84 valence electrons. The number of anilines is 2. The molecule has 0 aliphatic carbocycles. The Balaban J connectivity index is 2.41. The number of hydrogen-bond acceptors (Lipinski definition) is 3. The minimum Gasteiger partial charge on any atom is -0.396 e. The second kappa shape index (κ2) is 3.59. The first kappa shape index (κ1) is 10.6. The van der Waals surface area contributed by atoms with Crippen molar-refractivity contribution in [1.29, 1.82) is 0 Å². The number of benzene rings is 1. The molecule has 1 fully saturated rings. The molecule has 2 amide bonds. The average molecular weight is 222 g/mol. The minimum absolute atomic E-state index is 0.0716. The van der Waals surface area contributed by atoms with Crippen LogP contribution in [0.15, 0.2) is 18.2 Å². The smallest absolute Gasteiger partial charge is 0.237 e. The van der Waals surface area contributed by atoms with Crippen LogP contribution >= 0.6 is 0 Å². The molecule has 1 saturated heterocycles. The van der Waals surface area contributed by atoms with Gasteiger partial charge in [0.2, 0.25) is 11.8 Å². The van der Waals surface area contributed by atoms with Crippen LogP contribution in [0, 0.1) is 11.7 Å². The lowest BCUT2D eigenvalue weighted by Crippen LogP contribution is -2.30. The van der Waals surface area contributed by atoms with Gasteiger partial charge in [0, 0.05) is 12.3 Å². The number of imide groups is 1. The second-order valence-electron chi connectivity index (χ2n) is 3.88. The van der Waals surface area contributed by atoms with Crippen LogP contribution in [0.5, 0.6) is 0 Å². The third-order valence-corrected chi connectivity index (χ3v) is 2.61. The van der Waals surface area contributed by atoms with E-state index in [2.05, 4.69) is 0 Å². The van der Waals surface area contributed by atoms with E-state index in [0.717, 1.165) is 11.0 Å². The first-order chi connectivity index (χ1) is 7.50. The van der Waals surface area contributed by atoms with Gasteiger partial charge >= 0.3 is 0 Å². The minimum atomic E-state index is -0.559. The van der Waals surface area contributed by atoms with Gasteiger partial charge in [-0.15, -0.1) is 0 Å². The highest BCUT2D eigenvalue weighted by atomic mass is 19.1. The monoisotopic (exact) mass is 222 g/mol. The molecule has 0 saturated carbocycles. The van der Waals surface area contributed by atoms with E-state index in [0.29, 0.717) is 5.69 Å². The first-order valence-corrected chi connectivity index (χ1v) is 4.92. The summed E-state index contributed by atoms with van der Waals surface area (Å²) >= 11 is 0. The highest BCUT2D eigenvalue weighted by Crippen LogP contribution is 2.28. The largest absolute Gasteiger partial charge is 0.396 e. The number of rotatable bonds is 1. The summed E-state index contributed by atoms with van der Waals surface area (Å²) in [5, 5.41) is 0. The van der Waals surface area contributed by atoms with Crippen LogP contribution in [0.4, 0.5) is 15.8 Å². The SMILES string of the molecule is CC1CC(=O)N(c2ccc(F)c(N)c2)C1=O. The van der Waals surface area contributed by atoms with Crippen LogP contribution < -0.4 is 10.6 Å². The van der Waals surface area contributed by atoms with Gasteiger partial charge in [0.15, 0.2) is 0 Å². The number of nitrogens with zero attached hydrogens (tertiary/aromatic N) is 1. The van der Waals surface area contributed by atoms with Crippen molar-refractivity contribution in [2.45, 2.75) is 13.3 Å². The molecule has 1 heterocycles. The molecule has 1 aromatic rings. The van der Waals surface area contributed by atoms with Gasteiger partial charge < -0.3 is 5.73 Å². The van der Waals surface area contributed by atoms with Crippen LogP contribution in [-0.4, -0.2) is 11.8 Å². The molecule has 16 heavy (non-hydrogen) atoms. The van der Waals surface area contributed by atoms with Crippen LogP contribution in [0.1, 0.15) is 13.3 Å². The van der Waals surface area contributed by atoms with Gasteiger partial charge in [0.05, 0.1) is 11.4 Å². The van der Waals surface area contributed by atoms with E-state index in [1.165, 1.54) is 12.1 Å². The van der Waals surface area contributed by atoms with E-state index in [4.69, 9.17) is 5.73 Å². The Hall–Kier alpha value is -1.91. The van der Waals surface area contributed by atoms with Crippen molar-refractivity contribution in [2.75, 3.05) is 10.6 Å². The normalized spacial score (nSPS) is 20.6. The molecule has 1 aromatic carbocycles. The molecule has 2 rings (SSSR count). The van der Waals surface area contributed by atoms with Crippen molar-refractivity contribution in [1.82, 2.24) is 0 Å². The number of carbonyl (C=O) groups excluding carboxylic acids is 2. The quantitative estimate of drug-likeness (QED) is 0.575. The van der Waals surface area contributed by atoms with Gasteiger partial charge in [-0.25, -0.2) is 4.39 Å². The third kappa shape index (κ3) is 1.54. The fourth-order valence-electron chi connectivity index (χ4n) is 1.73. The summed E-state index contributed by atoms with van der Waals surface area (Å²) in [6.45, 7) is 1.69. The van der Waals surface area contributed by atoms with E-state index < -0.39 is 5.82 Å². The van der Waals surface area contributed by atoms with E-state index in [1.807, 2.05) is 0 Å². The molecule has 0 spiro atoms. The van der Waals surface area contributed by atoms with Crippen molar-refractivity contribution >= 4 is 23.2 Å². The summed E-state index contributed by atoms with van der Waals surface area (Å²) in [5.41, 5.74) is 5.65. The molecule has 4 nitrogen and oxygen atoms in total. The first-order valence-electron chi connectivity index (χ1n) is 4.92. The Morgan fingerprint density at radius 2 is 2.12 bits per heavy atom. The summed E-state index contributed by atoms with van der Waals surface area (Å²) in [4.78, 5) is 24.3. The van der Waals surface area contributed by atoms with E-state index >= 15 is 0 Å². The maximum atomic E-state index is 12.9. The Labute approximate surface area is 91.8 Å². The highest BCUT2D eigenvalue weighted by Gasteiger charge is 2.36. The summed E-state index contributed by atoms with van der Waals surface area (Å²) < 4.78 is 12.9. The van der Waals surface area contributed by atoms with Gasteiger partial charge in [-0.2, -0.15) is 0 Å². The molecule has 1 aliphatic heterocycles. The van der Waals surface area contributed by atoms with Gasteiger partial charge in [-0.1, -0.05) is 6.92 Å². The van der Waals surface area contributed by atoms with Crippen molar-refractivity contribution in [3.05, 3.63) is 24.0 Å². The molecule has 5 heteroatoms. The Bertz CT molecular complexity index is 473. The van der Waals surface area contributed by atoms with Crippen molar-refractivity contribution in [3.63, 3.8) is 0 Å². The molecule has 2 N–H and O–H groups in total. The average Bonchev–Trinajstić information content (AvgIpc) is 2.47. The number of carbonyl (C=O) groups is 2. The maximum absolute atomic E-state index is 12.9. The third-order valence-electron chi connectivity index (χ3n) is 2.61. The van der Waals surface area contributed by atoms with E-state index in [9.17, 15) is 14.0 Å². The summed E-state index contributed by atoms with van der Waals surface area (Å²) in [6, 6.07) is 3.82. The van der Waals surface area contributed by atoms with Crippen LogP contribution in [0.25, 0.3) is 0 Å². The van der Waals surface area contributed by atoms with Crippen LogP contribution in [0.2, 0.25) is 0 Å². The maximum Gasteiger partial charge on any atom is 0.237 e. The van der Waals surface area contributed by atoms with Gasteiger partial charge in [-0.05, 0) is 18.2 Å². The Morgan fingerprint density at radius 1 is 1.44 bits per heavy atom. The number of hydrogen-bond donors (Lipinski definition) is 1.